The van der Waals surface area contributed by atoms with E-state index in [0.29, 0.717) is 22.7 Å². The van der Waals surface area contributed by atoms with Crippen molar-refractivity contribution in [3.05, 3.63) is 121 Å². The molecule has 0 spiro atoms. The van der Waals surface area contributed by atoms with Gasteiger partial charge in [0, 0.05) is 41.4 Å². The summed E-state index contributed by atoms with van der Waals surface area (Å²) in [6, 6.07) is 30.7. The van der Waals surface area contributed by atoms with E-state index in [2.05, 4.69) is 21.3 Å². The molecular formula is C40H46N8O10. The van der Waals surface area contributed by atoms with Gasteiger partial charge in [-0.05, 0) is 55.0 Å². The number of hydrogen-bond donors (Lipinski definition) is 8. The zero-order valence-electron chi connectivity index (χ0n) is 31.1. The lowest BCUT2D eigenvalue weighted by molar-refractivity contribution is -0.285. The fourth-order valence-corrected chi connectivity index (χ4v) is 6.58. The summed E-state index contributed by atoms with van der Waals surface area (Å²) >= 11 is 0. The van der Waals surface area contributed by atoms with Crippen LogP contribution in [0.3, 0.4) is 0 Å². The van der Waals surface area contributed by atoms with E-state index in [9.17, 15) is 19.2 Å². The van der Waals surface area contributed by atoms with E-state index >= 15 is 0 Å². The normalized spacial score (nSPS) is 26.6. The molecule has 1 aliphatic heterocycles. The van der Waals surface area contributed by atoms with Crippen LogP contribution >= 0.6 is 0 Å². The number of rotatable bonds is 11. The van der Waals surface area contributed by atoms with Gasteiger partial charge in [-0.15, -0.1) is 0 Å². The average Bonchev–Trinajstić information content (AvgIpc) is 3.21. The molecule has 10 unspecified atom stereocenters. The van der Waals surface area contributed by atoms with Gasteiger partial charge in [0.25, 0.3) is 0 Å². The maximum absolute atomic E-state index is 13.4. The number of ether oxygens (including phenoxy) is 6. The standard InChI is InChI=1S/C40H46N8O10/c41-22-29-33(56-38(50)46-24-15-7-2-8-16-24)34(57-39(51)47-25-17-9-3-10-18-25)30(44)36(53-29)54-31-27(42)21-28(43)32(55-37(49)45-23-13-5-1-6-14-23)35(31)58-40(52)48-26-19-11-4-12-20-26/h1-20,27-36H,21-22,41-44H2,(H,45,49)(H,46,50)(H,47,51)(H,48,52). The van der Waals surface area contributed by atoms with Gasteiger partial charge in [-0.3, -0.25) is 21.3 Å². The minimum Gasteiger partial charge on any atom is -0.440 e. The van der Waals surface area contributed by atoms with Gasteiger partial charge in [-0.25, -0.2) is 19.2 Å². The van der Waals surface area contributed by atoms with Crippen molar-refractivity contribution < 1.29 is 47.6 Å². The van der Waals surface area contributed by atoms with E-state index in [4.69, 9.17) is 51.4 Å². The first-order valence-corrected chi connectivity index (χ1v) is 18.5. The predicted molar refractivity (Wildman–Crippen MR) is 212 cm³/mol. The molecule has 2 fully saturated rings. The summed E-state index contributed by atoms with van der Waals surface area (Å²) in [6.07, 6.45) is -13.1. The Balaban J connectivity index is 1.27. The molecule has 10 atom stereocenters. The summed E-state index contributed by atoms with van der Waals surface area (Å²) in [4.78, 5) is 53.1. The fraction of sp³-hybridized carbons (Fsp3) is 0.300. The second kappa shape index (κ2) is 19.7. The highest BCUT2D eigenvalue weighted by molar-refractivity contribution is 5.87. The summed E-state index contributed by atoms with van der Waals surface area (Å²) in [6.45, 7) is -0.261. The van der Waals surface area contributed by atoms with Crippen LogP contribution in [0.2, 0.25) is 0 Å². The number of carbonyl (C=O) groups excluding carboxylic acids is 4. The van der Waals surface area contributed by atoms with E-state index in [1.807, 2.05) is 0 Å². The SMILES string of the molecule is NCC1OC(OC2C(N)CC(N)C(OC(=O)Nc3ccccc3)C2OC(=O)Nc2ccccc2)C(N)C(OC(=O)Nc2ccccc2)C1OC(=O)Nc1ccccc1. The van der Waals surface area contributed by atoms with E-state index in [0.717, 1.165) is 0 Å². The molecule has 4 aromatic rings. The molecular weight excluding hydrogens is 752 g/mol. The quantitative estimate of drug-likeness (QED) is 0.100. The second-order valence-electron chi connectivity index (χ2n) is 13.5. The molecule has 4 amide bonds. The van der Waals surface area contributed by atoms with Gasteiger partial charge in [-0.2, -0.15) is 0 Å². The molecule has 18 heteroatoms. The lowest BCUT2D eigenvalue weighted by Gasteiger charge is -2.48. The van der Waals surface area contributed by atoms with Gasteiger partial charge in [0.2, 0.25) is 0 Å². The number of nitrogens with one attached hydrogen (secondary N) is 4. The third-order valence-corrected chi connectivity index (χ3v) is 9.31. The number of carbonyl (C=O) groups is 4. The van der Waals surface area contributed by atoms with Gasteiger partial charge in [0.1, 0.15) is 12.2 Å². The van der Waals surface area contributed by atoms with Crippen molar-refractivity contribution in [2.45, 2.75) is 67.5 Å². The summed E-state index contributed by atoms with van der Waals surface area (Å²) < 4.78 is 36.0. The molecule has 1 saturated carbocycles. The third-order valence-electron chi connectivity index (χ3n) is 9.31. The first-order chi connectivity index (χ1) is 28.1. The summed E-state index contributed by atoms with van der Waals surface area (Å²) in [5.74, 6) is 0. The lowest BCUT2D eigenvalue weighted by Crippen LogP contribution is -2.69. The van der Waals surface area contributed by atoms with Gasteiger partial charge in [0.15, 0.2) is 30.7 Å². The third kappa shape index (κ3) is 11.0. The fourth-order valence-electron chi connectivity index (χ4n) is 6.58. The molecule has 0 aromatic heterocycles. The average molecular weight is 799 g/mol. The molecule has 306 valence electrons. The van der Waals surface area contributed by atoms with Crippen molar-refractivity contribution in [1.29, 1.82) is 0 Å². The minimum absolute atomic E-state index is 0.0290. The number of para-hydroxylation sites is 4. The van der Waals surface area contributed by atoms with Crippen LogP contribution in [0.25, 0.3) is 0 Å². The van der Waals surface area contributed by atoms with Crippen molar-refractivity contribution in [2.75, 3.05) is 27.8 Å². The second-order valence-corrected chi connectivity index (χ2v) is 13.5. The van der Waals surface area contributed by atoms with Crippen molar-refractivity contribution in [3.8, 4) is 0 Å². The van der Waals surface area contributed by atoms with E-state index in [-0.39, 0.29) is 13.0 Å². The Kier molecular flexibility index (Phi) is 14.1. The Hall–Kier alpha value is -6.28. The maximum Gasteiger partial charge on any atom is 0.412 e. The molecule has 0 radical (unpaired) electrons. The summed E-state index contributed by atoms with van der Waals surface area (Å²) in [7, 11) is 0. The largest absolute Gasteiger partial charge is 0.440 e. The highest BCUT2D eigenvalue weighted by atomic mass is 16.7. The van der Waals surface area contributed by atoms with E-state index < -0.39 is 85.4 Å². The summed E-state index contributed by atoms with van der Waals surface area (Å²) in [5, 5.41) is 10.5. The van der Waals surface area contributed by atoms with Crippen LogP contribution in [0.15, 0.2) is 121 Å². The number of nitrogens with two attached hydrogens (primary N) is 4. The molecule has 58 heavy (non-hydrogen) atoms. The van der Waals surface area contributed by atoms with Crippen LogP contribution < -0.4 is 44.2 Å². The zero-order chi connectivity index (χ0) is 41.0. The number of benzene rings is 4. The molecule has 1 aliphatic carbocycles. The van der Waals surface area contributed by atoms with Crippen LogP contribution in [-0.2, 0) is 28.4 Å². The predicted octanol–water partition coefficient (Wildman–Crippen LogP) is 3.91. The van der Waals surface area contributed by atoms with Crippen LogP contribution in [0.4, 0.5) is 41.9 Å². The number of hydrogen-bond acceptors (Lipinski definition) is 14. The first kappa shape index (κ1) is 41.4. The molecule has 4 aromatic carbocycles. The van der Waals surface area contributed by atoms with E-state index in [1.165, 1.54) is 0 Å². The monoisotopic (exact) mass is 798 g/mol. The van der Waals surface area contributed by atoms with Crippen LogP contribution in [0.5, 0.6) is 0 Å². The maximum atomic E-state index is 13.4. The zero-order valence-corrected chi connectivity index (χ0v) is 31.1. The smallest absolute Gasteiger partial charge is 0.412 e. The number of anilines is 4. The summed E-state index contributed by atoms with van der Waals surface area (Å²) in [5.41, 5.74) is 27.7. The number of amides is 4. The Morgan fingerprint density at radius 2 is 0.845 bits per heavy atom. The first-order valence-electron chi connectivity index (χ1n) is 18.5. The Labute approximate surface area is 333 Å². The highest BCUT2D eigenvalue weighted by Crippen LogP contribution is 2.32. The van der Waals surface area contributed by atoms with Crippen molar-refractivity contribution >= 4 is 47.1 Å². The Morgan fingerprint density at radius 3 is 1.24 bits per heavy atom. The minimum atomic E-state index is -1.48. The molecule has 6 rings (SSSR count). The van der Waals surface area contributed by atoms with E-state index in [1.54, 1.807) is 121 Å². The van der Waals surface area contributed by atoms with Gasteiger partial charge in [-0.1, -0.05) is 72.8 Å². The van der Waals surface area contributed by atoms with Crippen molar-refractivity contribution in [3.63, 3.8) is 0 Å². The molecule has 2 aliphatic rings. The van der Waals surface area contributed by atoms with Crippen LogP contribution in [0.1, 0.15) is 6.42 Å². The van der Waals surface area contributed by atoms with Crippen molar-refractivity contribution in [2.24, 2.45) is 22.9 Å². The van der Waals surface area contributed by atoms with Crippen LogP contribution in [0, 0.1) is 0 Å². The molecule has 12 N–H and O–H groups in total. The molecule has 1 heterocycles. The lowest BCUT2D eigenvalue weighted by atomic mass is 9.84. The molecule has 0 bridgehead atoms. The van der Waals surface area contributed by atoms with Gasteiger partial charge < -0.3 is 51.4 Å². The van der Waals surface area contributed by atoms with Gasteiger partial charge in [0.05, 0.1) is 6.04 Å². The Bertz CT molecular complexity index is 1950. The van der Waals surface area contributed by atoms with Crippen molar-refractivity contribution in [1.82, 2.24) is 0 Å². The van der Waals surface area contributed by atoms with Gasteiger partial charge >= 0.3 is 24.4 Å². The Morgan fingerprint density at radius 1 is 0.500 bits per heavy atom. The van der Waals surface area contributed by atoms with Crippen LogP contribution in [-0.4, -0.2) is 92.0 Å². The molecule has 18 nitrogen and oxygen atoms in total. The topological polar surface area (TPSA) is 276 Å². The highest BCUT2D eigenvalue weighted by Gasteiger charge is 2.54. The molecule has 1 saturated heterocycles.